The Morgan fingerprint density at radius 1 is 1.04 bits per heavy atom. The lowest BCUT2D eigenvalue weighted by Crippen LogP contribution is -2.47. The van der Waals surface area contributed by atoms with E-state index in [1.165, 1.54) is 24.8 Å². The molecule has 1 saturated carbocycles. The third-order valence-corrected chi connectivity index (χ3v) is 4.93. The van der Waals surface area contributed by atoms with Gasteiger partial charge in [0.25, 0.3) is 5.91 Å². The lowest BCUT2D eigenvalue weighted by Gasteiger charge is -2.26. The van der Waals surface area contributed by atoms with Gasteiger partial charge in [0.1, 0.15) is 18.4 Å². The van der Waals surface area contributed by atoms with Crippen LogP contribution in [0.25, 0.3) is 0 Å². The highest BCUT2D eigenvalue weighted by Gasteiger charge is 2.30. The van der Waals surface area contributed by atoms with Crippen LogP contribution in [0.15, 0.2) is 48.5 Å². The van der Waals surface area contributed by atoms with Crippen molar-refractivity contribution in [1.82, 2.24) is 5.32 Å². The van der Waals surface area contributed by atoms with Gasteiger partial charge in [-0.1, -0.05) is 30.7 Å². The van der Waals surface area contributed by atoms with Crippen molar-refractivity contribution in [2.24, 2.45) is 0 Å². The van der Waals surface area contributed by atoms with E-state index >= 15 is 0 Å². The van der Waals surface area contributed by atoms with Gasteiger partial charge in [-0.25, -0.2) is 0 Å². The minimum absolute atomic E-state index is 0.101. The number of rotatable bonds is 3. The Kier molecular flexibility index (Phi) is 3.81. The number of carbonyl (C=O) groups is 2. The summed E-state index contributed by atoms with van der Waals surface area (Å²) in [5.41, 5.74) is 2.39. The summed E-state index contributed by atoms with van der Waals surface area (Å²) in [5, 5.41) is 2.79. The van der Waals surface area contributed by atoms with Crippen molar-refractivity contribution >= 4 is 11.7 Å². The van der Waals surface area contributed by atoms with Crippen LogP contribution in [0.4, 0.5) is 0 Å². The summed E-state index contributed by atoms with van der Waals surface area (Å²) >= 11 is 0. The Morgan fingerprint density at radius 3 is 2.50 bits per heavy atom. The lowest BCUT2D eigenvalue weighted by molar-refractivity contribution is 0.0795. The molecule has 1 unspecified atom stereocenters. The predicted molar refractivity (Wildman–Crippen MR) is 90.6 cm³/mol. The molecular formula is C20H19NO3. The van der Waals surface area contributed by atoms with Crippen molar-refractivity contribution in [3.8, 4) is 5.75 Å². The molecule has 24 heavy (non-hydrogen) atoms. The molecule has 0 radical (unpaired) electrons. The minimum Gasteiger partial charge on any atom is -0.490 e. The SMILES string of the molecule is O=C(NC1COc2ccccc2C1=O)c1ccc(C2CCC2)cc1. The molecule has 0 aromatic heterocycles. The standard InChI is InChI=1S/C20H19NO3/c22-19-16-6-1-2-7-18(16)24-12-17(19)21-20(23)15-10-8-14(9-11-15)13-4-3-5-13/h1-2,6-11,13,17H,3-5,12H2,(H,21,23). The van der Waals surface area contributed by atoms with Gasteiger partial charge < -0.3 is 10.1 Å². The quantitative estimate of drug-likeness (QED) is 0.943. The number of ketones is 1. The van der Waals surface area contributed by atoms with E-state index in [1.54, 1.807) is 18.2 Å². The first-order chi connectivity index (χ1) is 11.7. The van der Waals surface area contributed by atoms with Gasteiger partial charge in [0, 0.05) is 5.56 Å². The Labute approximate surface area is 140 Å². The largest absolute Gasteiger partial charge is 0.490 e. The molecule has 1 amide bonds. The minimum atomic E-state index is -0.640. The third-order valence-electron chi connectivity index (χ3n) is 4.93. The fourth-order valence-electron chi connectivity index (χ4n) is 3.23. The second-order valence-electron chi connectivity index (χ2n) is 6.45. The van der Waals surface area contributed by atoms with Crippen LogP contribution in [0.1, 0.15) is 51.5 Å². The highest BCUT2D eigenvalue weighted by molar-refractivity contribution is 6.06. The van der Waals surface area contributed by atoms with E-state index in [2.05, 4.69) is 5.32 Å². The van der Waals surface area contributed by atoms with E-state index in [0.29, 0.717) is 22.8 Å². The fourth-order valence-corrected chi connectivity index (χ4v) is 3.23. The van der Waals surface area contributed by atoms with Crippen molar-refractivity contribution in [3.63, 3.8) is 0 Å². The van der Waals surface area contributed by atoms with Crippen LogP contribution in [-0.2, 0) is 0 Å². The van der Waals surface area contributed by atoms with E-state index in [9.17, 15) is 9.59 Å². The molecular weight excluding hydrogens is 302 g/mol. The van der Waals surface area contributed by atoms with Crippen LogP contribution in [0.2, 0.25) is 0 Å². The number of benzene rings is 2. The van der Waals surface area contributed by atoms with Gasteiger partial charge >= 0.3 is 0 Å². The van der Waals surface area contributed by atoms with Gasteiger partial charge in [-0.15, -0.1) is 0 Å². The molecule has 2 aromatic rings. The molecule has 2 aromatic carbocycles. The van der Waals surface area contributed by atoms with Crippen LogP contribution < -0.4 is 10.1 Å². The Morgan fingerprint density at radius 2 is 1.79 bits per heavy atom. The number of amides is 1. The van der Waals surface area contributed by atoms with E-state index in [1.807, 2.05) is 30.3 Å². The van der Waals surface area contributed by atoms with Crippen molar-refractivity contribution in [1.29, 1.82) is 0 Å². The van der Waals surface area contributed by atoms with E-state index in [0.717, 1.165) is 0 Å². The van der Waals surface area contributed by atoms with E-state index < -0.39 is 6.04 Å². The van der Waals surface area contributed by atoms with Crippen LogP contribution in [0.3, 0.4) is 0 Å². The number of nitrogens with one attached hydrogen (secondary N) is 1. The van der Waals surface area contributed by atoms with Crippen LogP contribution in [0.5, 0.6) is 5.75 Å². The number of ether oxygens (including phenoxy) is 1. The van der Waals surface area contributed by atoms with Crippen LogP contribution in [-0.4, -0.2) is 24.3 Å². The summed E-state index contributed by atoms with van der Waals surface area (Å²) < 4.78 is 5.58. The van der Waals surface area contributed by atoms with Crippen molar-refractivity contribution < 1.29 is 14.3 Å². The molecule has 1 aliphatic carbocycles. The maximum atomic E-state index is 12.5. The average molecular weight is 321 g/mol. The molecule has 0 bridgehead atoms. The number of hydrogen-bond donors (Lipinski definition) is 1. The maximum absolute atomic E-state index is 12.5. The highest BCUT2D eigenvalue weighted by Crippen LogP contribution is 2.36. The molecule has 1 atom stereocenters. The van der Waals surface area contributed by atoms with Crippen LogP contribution >= 0.6 is 0 Å². The van der Waals surface area contributed by atoms with E-state index in [-0.39, 0.29) is 18.3 Å². The Bertz CT molecular complexity index is 778. The van der Waals surface area contributed by atoms with Gasteiger partial charge in [0.15, 0.2) is 5.78 Å². The molecule has 1 aliphatic heterocycles. The smallest absolute Gasteiger partial charge is 0.251 e. The second kappa shape index (κ2) is 6.11. The van der Waals surface area contributed by atoms with Gasteiger partial charge in [-0.2, -0.15) is 0 Å². The normalized spacial score (nSPS) is 19.8. The monoisotopic (exact) mass is 321 g/mol. The topological polar surface area (TPSA) is 55.4 Å². The van der Waals surface area contributed by atoms with Crippen molar-refractivity contribution in [2.75, 3.05) is 6.61 Å². The zero-order valence-corrected chi connectivity index (χ0v) is 13.3. The Hall–Kier alpha value is -2.62. The summed E-state index contributed by atoms with van der Waals surface area (Å²) in [6.45, 7) is 0.168. The van der Waals surface area contributed by atoms with E-state index in [4.69, 9.17) is 4.74 Å². The van der Waals surface area contributed by atoms with Gasteiger partial charge in [-0.3, -0.25) is 9.59 Å². The number of Topliss-reactive ketones (excluding diaryl/α,β-unsaturated/α-hetero) is 1. The van der Waals surface area contributed by atoms with Crippen LogP contribution in [0, 0.1) is 0 Å². The maximum Gasteiger partial charge on any atom is 0.251 e. The second-order valence-corrected chi connectivity index (χ2v) is 6.45. The third kappa shape index (κ3) is 2.68. The predicted octanol–water partition coefficient (Wildman–Crippen LogP) is 3.33. The first-order valence-corrected chi connectivity index (χ1v) is 8.39. The van der Waals surface area contributed by atoms with Gasteiger partial charge in [-0.05, 0) is 48.6 Å². The zero-order valence-electron chi connectivity index (χ0n) is 13.3. The molecule has 4 rings (SSSR count). The molecule has 4 heteroatoms. The number of hydrogen-bond acceptors (Lipinski definition) is 3. The molecule has 0 spiro atoms. The van der Waals surface area contributed by atoms with Gasteiger partial charge in [0.2, 0.25) is 0 Å². The number of para-hydroxylation sites is 1. The lowest BCUT2D eigenvalue weighted by atomic mass is 9.80. The first kappa shape index (κ1) is 14.9. The molecule has 1 heterocycles. The summed E-state index contributed by atoms with van der Waals surface area (Å²) in [7, 11) is 0. The molecule has 1 fully saturated rings. The molecule has 122 valence electrons. The first-order valence-electron chi connectivity index (χ1n) is 8.39. The van der Waals surface area contributed by atoms with Gasteiger partial charge in [0.05, 0.1) is 5.56 Å². The van der Waals surface area contributed by atoms with Crippen molar-refractivity contribution in [3.05, 3.63) is 65.2 Å². The number of carbonyl (C=O) groups excluding carboxylic acids is 2. The summed E-state index contributed by atoms with van der Waals surface area (Å²) in [6, 6.07) is 14.2. The summed E-state index contributed by atoms with van der Waals surface area (Å²) in [6.07, 6.45) is 3.76. The van der Waals surface area contributed by atoms with Crippen molar-refractivity contribution in [2.45, 2.75) is 31.2 Å². The molecule has 2 aliphatic rings. The zero-order chi connectivity index (χ0) is 16.5. The number of fused-ring (bicyclic) bond motifs is 1. The molecule has 0 saturated heterocycles. The molecule has 1 N–H and O–H groups in total. The Balaban J connectivity index is 1.45. The average Bonchev–Trinajstić information content (AvgIpc) is 2.57. The summed E-state index contributed by atoms with van der Waals surface area (Å²) in [4.78, 5) is 24.9. The summed E-state index contributed by atoms with van der Waals surface area (Å²) in [5.74, 6) is 0.887. The molecule has 4 nitrogen and oxygen atoms in total. The highest BCUT2D eigenvalue weighted by atomic mass is 16.5. The fraction of sp³-hybridized carbons (Fsp3) is 0.300.